The number of esters is 1. The zero-order valence-electron chi connectivity index (χ0n) is 18.5. The second-order valence-electron chi connectivity index (χ2n) is 9.09. The number of rotatable bonds is 17. The van der Waals surface area contributed by atoms with E-state index in [-0.39, 0.29) is 12.4 Å². The summed E-state index contributed by atoms with van der Waals surface area (Å²) in [5, 5.41) is 9.00. The zero-order valence-corrected chi connectivity index (χ0v) is 18.5. The van der Waals surface area contributed by atoms with E-state index in [1.54, 1.807) is 0 Å². The van der Waals surface area contributed by atoms with Crippen LogP contribution < -0.4 is 0 Å². The highest BCUT2D eigenvalue weighted by Crippen LogP contribution is 2.18. The largest absolute Gasteiger partial charge is 0.481 e. The number of ether oxygens (including phenoxy) is 1. The maximum Gasteiger partial charge on any atom is 0.307 e. The molecule has 0 aromatic rings. The fraction of sp³-hybridized carbons (Fsp3) is 0.909. The summed E-state index contributed by atoms with van der Waals surface area (Å²) in [4.78, 5) is 23.0. The summed E-state index contributed by atoms with van der Waals surface area (Å²) in [5.41, 5.74) is 0. The highest BCUT2D eigenvalue weighted by atomic mass is 16.5. The Kier molecular flexibility index (Phi) is 14.3. The van der Waals surface area contributed by atoms with E-state index in [1.165, 1.54) is 44.9 Å². The van der Waals surface area contributed by atoms with Crippen molar-refractivity contribution in [3.8, 4) is 0 Å². The summed E-state index contributed by atoms with van der Waals surface area (Å²) < 4.78 is 5.99. The second-order valence-corrected chi connectivity index (χ2v) is 9.09. The fourth-order valence-electron chi connectivity index (χ4n) is 3.37. The molecular weight excluding hydrogens is 342 g/mol. The molecule has 5 nitrogen and oxygen atoms in total. The minimum atomic E-state index is -0.926. The number of hydrogen-bond donors (Lipinski definition) is 1. The van der Waals surface area contributed by atoms with Gasteiger partial charge < -0.3 is 14.3 Å². The lowest BCUT2D eigenvalue weighted by Gasteiger charge is -2.28. The normalized spacial score (nSPS) is 14.0. The summed E-state index contributed by atoms with van der Waals surface area (Å²) >= 11 is 0. The molecule has 0 aliphatic rings. The van der Waals surface area contributed by atoms with Gasteiger partial charge in [-0.2, -0.15) is 0 Å². The van der Waals surface area contributed by atoms with Crippen LogP contribution >= 0.6 is 0 Å². The van der Waals surface area contributed by atoms with Crippen LogP contribution in [0, 0.1) is 5.92 Å². The number of carbonyl (C=O) groups excluding carboxylic acids is 1. The van der Waals surface area contributed by atoms with Gasteiger partial charge in [-0.25, -0.2) is 0 Å². The third-order valence-corrected chi connectivity index (χ3v) is 4.83. The van der Waals surface area contributed by atoms with Crippen LogP contribution in [0.2, 0.25) is 0 Å². The van der Waals surface area contributed by atoms with Crippen LogP contribution in [0.15, 0.2) is 0 Å². The number of likely N-dealkylation sites (N-methyl/N-ethyl adjacent to an activating group) is 1. The van der Waals surface area contributed by atoms with Crippen molar-refractivity contribution in [3.05, 3.63) is 0 Å². The van der Waals surface area contributed by atoms with E-state index in [9.17, 15) is 9.59 Å². The van der Waals surface area contributed by atoms with Crippen molar-refractivity contribution in [1.29, 1.82) is 0 Å². The Morgan fingerprint density at radius 2 is 1.48 bits per heavy atom. The first-order valence-electron chi connectivity index (χ1n) is 10.9. The Hall–Kier alpha value is -1.10. The topological polar surface area (TPSA) is 63.6 Å². The molecule has 0 aliphatic heterocycles. The number of carboxylic acids is 1. The van der Waals surface area contributed by atoms with Crippen molar-refractivity contribution in [2.75, 3.05) is 27.7 Å². The van der Waals surface area contributed by atoms with Gasteiger partial charge in [-0.1, -0.05) is 71.6 Å². The van der Waals surface area contributed by atoms with Crippen LogP contribution in [0.1, 0.15) is 90.9 Å². The molecule has 0 bridgehead atoms. The molecule has 0 aromatic carbocycles. The molecule has 0 spiro atoms. The first-order valence-corrected chi connectivity index (χ1v) is 10.9. The lowest BCUT2D eigenvalue weighted by atomic mass is 9.96. The molecule has 0 fully saturated rings. The van der Waals surface area contributed by atoms with Crippen LogP contribution in [-0.4, -0.2) is 55.3 Å². The summed E-state index contributed by atoms with van der Waals surface area (Å²) in [6, 6.07) is 0. The molecule has 0 saturated heterocycles. The third-order valence-electron chi connectivity index (χ3n) is 4.83. The highest BCUT2D eigenvalue weighted by molar-refractivity contribution is 5.71. The van der Waals surface area contributed by atoms with Gasteiger partial charge in [-0.05, 0) is 12.3 Å². The van der Waals surface area contributed by atoms with Gasteiger partial charge in [0.25, 0.3) is 0 Å². The minimum Gasteiger partial charge on any atom is -0.481 e. The third kappa shape index (κ3) is 18.0. The highest BCUT2D eigenvalue weighted by Gasteiger charge is 2.24. The Balaban J connectivity index is 3.86. The fourth-order valence-corrected chi connectivity index (χ4v) is 3.37. The standard InChI is InChI=1S/C22H43NO4/c1-6-7-8-9-11-14-19(2)15-12-10-13-16-22(26)27-20(17-21(24)25)18-23(3,4)5/h19-20H,6-18H2,1-5H3/p+1. The summed E-state index contributed by atoms with van der Waals surface area (Å²) in [6.07, 6.45) is 12.0. The predicted octanol–water partition coefficient (Wildman–Crippen LogP) is 5.03. The lowest BCUT2D eigenvalue weighted by molar-refractivity contribution is -0.873. The Morgan fingerprint density at radius 1 is 0.926 bits per heavy atom. The SMILES string of the molecule is CCCCCCCC(C)CCCCCC(=O)OC(CC(=O)O)C[N+](C)(C)C. The molecule has 0 heterocycles. The predicted molar refractivity (Wildman–Crippen MR) is 111 cm³/mol. The average molecular weight is 387 g/mol. The summed E-state index contributed by atoms with van der Waals surface area (Å²) in [6.45, 7) is 5.08. The second kappa shape index (κ2) is 14.9. The summed E-state index contributed by atoms with van der Waals surface area (Å²) in [7, 11) is 5.90. The van der Waals surface area contributed by atoms with Gasteiger partial charge in [-0.3, -0.25) is 9.59 Å². The van der Waals surface area contributed by atoms with E-state index < -0.39 is 12.1 Å². The molecule has 1 N–H and O–H groups in total. The number of carboxylic acid groups (broad SMARTS) is 1. The van der Waals surface area contributed by atoms with E-state index in [1.807, 2.05) is 21.1 Å². The Labute approximate surface area is 167 Å². The number of nitrogens with zero attached hydrogens (tertiary/aromatic N) is 1. The molecular formula is C22H44NO4+. The molecule has 0 aliphatic carbocycles. The average Bonchev–Trinajstić information content (AvgIpc) is 2.52. The van der Waals surface area contributed by atoms with Crippen LogP contribution in [0.4, 0.5) is 0 Å². The van der Waals surface area contributed by atoms with Crippen LogP contribution in [0.25, 0.3) is 0 Å². The van der Waals surface area contributed by atoms with Gasteiger partial charge in [-0.15, -0.1) is 0 Å². The first kappa shape index (κ1) is 25.9. The van der Waals surface area contributed by atoms with Crippen molar-refractivity contribution in [1.82, 2.24) is 0 Å². The Morgan fingerprint density at radius 3 is 2.00 bits per heavy atom. The van der Waals surface area contributed by atoms with Crippen molar-refractivity contribution < 1.29 is 23.9 Å². The van der Waals surface area contributed by atoms with Gasteiger partial charge >= 0.3 is 11.9 Å². The maximum atomic E-state index is 12.0. The number of unbranched alkanes of at least 4 members (excludes halogenated alkanes) is 6. The monoisotopic (exact) mass is 386 g/mol. The first-order chi connectivity index (χ1) is 12.6. The van der Waals surface area contributed by atoms with E-state index in [4.69, 9.17) is 9.84 Å². The molecule has 0 aromatic heterocycles. The van der Waals surface area contributed by atoms with Crippen molar-refractivity contribution in [3.63, 3.8) is 0 Å². The van der Waals surface area contributed by atoms with Crippen LogP contribution in [-0.2, 0) is 14.3 Å². The number of quaternary nitrogens is 1. The van der Waals surface area contributed by atoms with Crippen molar-refractivity contribution in [2.24, 2.45) is 5.92 Å². The van der Waals surface area contributed by atoms with Crippen LogP contribution in [0.5, 0.6) is 0 Å². The number of carbonyl (C=O) groups is 2. The van der Waals surface area contributed by atoms with Crippen molar-refractivity contribution >= 4 is 11.9 Å². The molecule has 27 heavy (non-hydrogen) atoms. The summed E-state index contributed by atoms with van der Waals surface area (Å²) in [5.74, 6) is -0.424. The van der Waals surface area contributed by atoms with Gasteiger partial charge in [0.2, 0.25) is 0 Å². The molecule has 0 rings (SSSR count). The Bertz CT molecular complexity index is 404. The smallest absolute Gasteiger partial charge is 0.307 e. The van der Waals surface area contributed by atoms with Crippen molar-refractivity contribution in [2.45, 2.75) is 97.0 Å². The molecule has 2 atom stereocenters. The number of aliphatic carboxylic acids is 1. The van der Waals surface area contributed by atoms with E-state index in [2.05, 4.69) is 13.8 Å². The van der Waals surface area contributed by atoms with Gasteiger partial charge in [0.1, 0.15) is 6.54 Å². The van der Waals surface area contributed by atoms with Gasteiger partial charge in [0.15, 0.2) is 6.10 Å². The van der Waals surface area contributed by atoms with Gasteiger partial charge in [0, 0.05) is 6.42 Å². The van der Waals surface area contributed by atoms with Gasteiger partial charge in [0.05, 0.1) is 27.6 Å². The van der Waals surface area contributed by atoms with E-state index >= 15 is 0 Å². The molecule has 0 saturated carbocycles. The quantitative estimate of drug-likeness (QED) is 0.216. The van der Waals surface area contributed by atoms with E-state index in [0.717, 1.165) is 25.2 Å². The number of hydrogen-bond acceptors (Lipinski definition) is 3. The maximum absolute atomic E-state index is 12.0. The zero-order chi connectivity index (χ0) is 20.7. The molecule has 160 valence electrons. The molecule has 5 heteroatoms. The molecule has 0 amide bonds. The van der Waals surface area contributed by atoms with Crippen LogP contribution in [0.3, 0.4) is 0 Å². The van der Waals surface area contributed by atoms with E-state index in [0.29, 0.717) is 17.4 Å². The lowest BCUT2D eigenvalue weighted by Crippen LogP contribution is -2.43. The molecule has 2 unspecified atom stereocenters. The minimum absolute atomic E-state index is 0.128. The molecule has 0 radical (unpaired) electrons.